The van der Waals surface area contributed by atoms with E-state index >= 15 is 0 Å². The SMILES string of the molecule is CCn1cc(Nc2cc(OC)ccc2C(=O)O)cn1. The Hall–Kier alpha value is -2.50. The molecule has 0 saturated heterocycles. The van der Waals surface area contributed by atoms with Crippen molar-refractivity contribution in [2.24, 2.45) is 0 Å². The average molecular weight is 261 g/mol. The van der Waals surface area contributed by atoms with Gasteiger partial charge < -0.3 is 15.2 Å². The van der Waals surface area contributed by atoms with E-state index < -0.39 is 5.97 Å². The standard InChI is InChI=1S/C13H15N3O3/c1-3-16-8-9(7-14-16)15-12-6-10(19-2)4-5-11(12)13(17)18/h4-8,15H,3H2,1-2H3,(H,17,18). The van der Waals surface area contributed by atoms with E-state index in [9.17, 15) is 4.79 Å². The van der Waals surface area contributed by atoms with Gasteiger partial charge in [0, 0.05) is 18.8 Å². The van der Waals surface area contributed by atoms with Gasteiger partial charge >= 0.3 is 5.97 Å². The van der Waals surface area contributed by atoms with E-state index in [4.69, 9.17) is 9.84 Å². The van der Waals surface area contributed by atoms with Crippen molar-refractivity contribution < 1.29 is 14.6 Å². The first-order valence-electron chi connectivity index (χ1n) is 5.85. The highest BCUT2D eigenvalue weighted by molar-refractivity contribution is 5.95. The van der Waals surface area contributed by atoms with Gasteiger partial charge in [0.25, 0.3) is 0 Å². The number of aromatic carboxylic acids is 1. The summed E-state index contributed by atoms with van der Waals surface area (Å²) in [5, 5.41) is 16.3. The van der Waals surface area contributed by atoms with Crippen LogP contribution in [-0.4, -0.2) is 28.0 Å². The van der Waals surface area contributed by atoms with Crippen LogP contribution in [0.4, 0.5) is 11.4 Å². The maximum Gasteiger partial charge on any atom is 0.337 e. The Balaban J connectivity index is 2.33. The second-order valence-electron chi connectivity index (χ2n) is 3.93. The summed E-state index contributed by atoms with van der Waals surface area (Å²) in [5.74, 6) is -0.400. The molecule has 19 heavy (non-hydrogen) atoms. The number of carbonyl (C=O) groups is 1. The molecule has 0 amide bonds. The molecule has 2 aromatic rings. The highest BCUT2D eigenvalue weighted by atomic mass is 16.5. The van der Waals surface area contributed by atoms with Crippen molar-refractivity contribution in [3.05, 3.63) is 36.2 Å². The van der Waals surface area contributed by atoms with Crippen LogP contribution in [-0.2, 0) is 6.54 Å². The smallest absolute Gasteiger partial charge is 0.337 e. The van der Waals surface area contributed by atoms with Crippen LogP contribution in [0, 0.1) is 0 Å². The molecule has 0 aliphatic carbocycles. The van der Waals surface area contributed by atoms with Crippen LogP contribution in [0.5, 0.6) is 5.75 Å². The van der Waals surface area contributed by atoms with E-state index in [2.05, 4.69) is 10.4 Å². The molecule has 6 heteroatoms. The maximum absolute atomic E-state index is 11.2. The summed E-state index contributed by atoms with van der Waals surface area (Å²) in [6, 6.07) is 4.77. The minimum absolute atomic E-state index is 0.185. The number of anilines is 2. The van der Waals surface area contributed by atoms with Gasteiger partial charge in [-0.05, 0) is 19.1 Å². The lowest BCUT2D eigenvalue weighted by Gasteiger charge is -2.09. The second kappa shape index (κ2) is 5.43. The molecule has 0 unspecified atom stereocenters. The number of benzene rings is 1. The van der Waals surface area contributed by atoms with Crippen molar-refractivity contribution in [2.45, 2.75) is 13.5 Å². The molecule has 6 nitrogen and oxygen atoms in total. The Morgan fingerprint density at radius 2 is 2.32 bits per heavy atom. The summed E-state index contributed by atoms with van der Waals surface area (Å²) in [5.41, 5.74) is 1.39. The number of nitrogens with zero attached hydrogens (tertiary/aromatic N) is 2. The van der Waals surface area contributed by atoms with Gasteiger partial charge in [0.1, 0.15) is 5.75 Å². The highest BCUT2D eigenvalue weighted by Gasteiger charge is 2.12. The number of ether oxygens (including phenoxy) is 1. The van der Waals surface area contributed by atoms with Crippen LogP contribution in [0.15, 0.2) is 30.6 Å². The monoisotopic (exact) mass is 261 g/mol. The molecule has 100 valence electrons. The maximum atomic E-state index is 11.2. The van der Waals surface area contributed by atoms with E-state index in [0.717, 1.165) is 12.2 Å². The van der Waals surface area contributed by atoms with Crippen LogP contribution >= 0.6 is 0 Å². The molecule has 2 N–H and O–H groups in total. The van der Waals surface area contributed by atoms with E-state index in [1.165, 1.54) is 13.2 Å². The molecule has 0 spiro atoms. The first-order chi connectivity index (χ1) is 9.13. The first kappa shape index (κ1) is 12.9. The van der Waals surface area contributed by atoms with Crippen LogP contribution in [0.1, 0.15) is 17.3 Å². The molecule has 0 bridgehead atoms. The Morgan fingerprint density at radius 1 is 1.53 bits per heavy atom. The predicted molar refractivity (Wildman–Crippen MR) is 71.1 cm³/mol. The van der Waals surface area contributed by atoms with Gasteiger partial charge in [0.2, 0.25) is 0 Å². The topological polar surface area (TPSA) is 76.4 Å². The van der Waals surface area contributed by atoms with Gasteiger partial charge in [0.15, 0.2) is 0 Å². The lowest BCUT2D eigenvalue weighted by molar-refractivity contribution is 0.0698. The third kappa shape index (κ3) is 2.85. The van der Waals surface area contributed by atoms with Crippen molar-refractivity contribution in [2.75, 3.05) is 12.4 Å². The Bertz CT molecular complexity index is 593. The molecular formula is C13H15N3O3. The molecule has 1 aromatic carbocycles. The summed E-state index contributed by atoms with van der Waals surface area (Å²) in [4.78, 5) is 11.2. The normalized spacial score (nSPS) is 10.2. The quantitative estimate of drug-likeness (QED) is 0.864. The average Bonchev–Trinajstić information content (AvgIpc) is 2.86. The van der Waals surface area contributed by atoms with Crippen molar-refractivity contribution in [1.29, 1.82) is 0 Å². The molecular weight excluding hydrogens is 246 g/mol. The molecule has 0 saturated carbocycles. The zero-order valence-electron chi connectivity index (χ0n) is 10.8. The van der Waals surface area contributed by atoms with Gasteiger partial charge in [-0.1, -0.05) is 0 Å². The van der Waals surface area contributed by atoms with Crippen LogP contribution in [0.2, 0.25) is 0 Å². The fourth-order valence-electron chi connectivity index (χ4n) is 1.70. The molecule has 0 radical (unpaired) electrons. The fourth-order valence-corrected chi connectivity index (χ4v) is 1.70. The van der Waals surface area contributed by atoms with Gasteiger partial charge in [-0.25, -0.2) is 4.79 Å². The summed E-state index contributed by atoms with van der Waals surface area (Å²) in [6.45, 7) is 2.73. The second-order valence-corrected chi connectivity index (χ2v) is 3.93. The van der Waals surface area contributed by atoms with E-state index in [1.54, 1.807) is 23.0 Å². The molecule has 0 atom stereocenters. The Morgan fingerprint density at radius 3 is 2.89 bits per heavy atom. The van der Waals surface area contributed by atoms with Crippen LogP contribution in [0.25, 0.3) is 0 Å². The number of hydrogen-bond donors (Lipinski definition) is 2. The number of carboxylic acid groups (broad SMARTS) is 1. The van der Waals surface area contributed by atoms with E-state index in [-0.39, 0.29) is 5.56 Å². The number of nitrogens with one attached hydrogen (secondary N) is 1. The van der Waals surface area contributed by atoms with Gasteiger partial charge in [0.05, 0.1) is 30.2 Å². The number of aryl methyl sites for hydroxylation is 1. The number of aromatic nitrogens is 2. The largest absolute Gasteiger partial charge is 0.497 e. The third-order valence-corrected chi connectivity index (χ3v) is 2.69. The molecule has 0 fully saturated rings. The van der Waals surface area contributed by atoms with Gasteiger partial charge in [-0.3, -0.25) is 4.68 Å². The minimum atomic E-state index is -0.993. The molecule has 1 aromatic heterocycles. The van der Waals surface area contributed by atoms with E-state index in [0.29, 0.717) is 11.4 Å². The van der Waals surface area contributed by atoms with Crippen LogP contribution < -0.4 is 10.1 Å². The predicted octanol–water partition coefficient (Wildman–Crippen LogP) is 2.35. The lowest BCUT2D eigenvalue weighted by atomic mass is 10.1. The molecule has 0 aliphatic heterocycles. The number of hydrogen-bond acceptors (Lipinski definition) is 4. The zero-order chi connectivity index (χ0) is 13.8. The van der Waals surface area contributed by atoms with Gasteiger partial charge in [-0.15, -0.1) is 0 Å². The summed E-state index contributed by atoms with van der Waals surface area (Å²) >= 11 is 0. The Labute approximate surface area is 110 Å². The number of methoxy groups -OCH3 is 1. The number of carboxylic acids is 1. The van der Waals surface area contributed by atoms with E-state index in [1.807, 2.05) is 13.1 Å². The van der Waals surface area contributed by atoms with Gasteiger partial charge in [-0.2, -0.15) is 5.10 Å². The van der Waals surface area contributed by atoms with Crippen molar-refractivity contribution in [3.63, 3.8) is 0 Å². The fraction of sp³-hybridized carbons (Fsp3) is 0.231. The first-order valence-corrected chi connectivity index (χ1v) is 5.85. The molecule has 1 heterocycles. The zero-order valence-corrected chi connectivity index (χ0v) is 10.8. The minimum Gasteiger partial charge on any atom is -0.497 e. The summed E-state index contributed by atoms with van der Waals surface area (Å²) < 4.78 is 6.85. The molecule has 0 aliphatic rings. The highest BCUT2D eigenvalue weighted by Crippen LogP contribution is 2.25. The van der Waals surface area contributed by atoms with Crippen molar-refractivity contribution >= 4 is 17.3 Å². The van der Waals surface area contributed by atoms with Crippen LogP contribution in [0.3, 0.4) is 0 Å². The number of rotatable bonds is 5. The lowest BCUT2D eigenvalue weighted by Crippen LogP contribution is -2.02. The Kier molecular flexibility index (Phi) is 3.70. The summed E-state index contributed by atoms with van der Waals surface area (Å²) in [6.07, 6.45) is 3.46. The van der Waals surface area contributed by atoms with Crippen molar-refractivity contribution in [1.82, 2.24) is 9.78 Å². The van der Waals surface area contributed by atoms with Crippen molar-refractivity contribution in [3.8, 4) is 5.75 Å². The molecule has 2 rings (SSSR count). The summed E-state index contributed by atoms with van der Waals surface area (Å²) in [7, 11) is 1.54. The third-order valence-electron chi connectivity index (χ3n) is 2.69.